The van der Waals surface area contributed by atoms with E-state index in [2.05, 4.69) is 20.0 Å². The Balaban J connectivity index is 1.57. The van der Waals surface area contributed by atoms with Crippen molar-refractivity contribution in [1.82, 2.24) is 0 Å². The lowest BCUT2D eigenvalue weighted by Crippen LogP contribution is -2.78. The number of unbranched alkanes of at least 4 members (excludes halogenated alkanes) is 6. The Labute approximate surface area is 108 Å². The molecule has 0 aromatic heterocycles. The summed E-state index contributed by atoms with van der Waals surface area (Å²) in [6.07, 6.45) is 11.4. The molecule has 2 saturated heterocycles. The van der Waals surface area contributed by atoms with Crippen LogP contribution < -0.4 is 0 Å². The Morgan fingerprint density at radius 3 is 2.18 bits per heavy atom. The molecule has 2 aliphatic heterocycles. The van der Waals surface area contributed by atoms with E-state index in [1.807, 2.05) is 0 Å². The fourth-order valence-electron chi connectivity index (χ4n) is 3.99. The van der Waals surface area contributed by atoms with E-state index >= 15 is 0 Å². The quantitative estimate of drug-likeness (QED) is 0.448. The van der Waals surface area contributed by atoms with Crippen LogP contribution in [-0.4, -0.2) is 19.9 Å². The van der Waals surface area contributed by atoms with E-state index in [0.29, 0.717) is 5.22 Å². The zero-order valence-electron chi connectivity index (χ0n) is 12.1. The fraction of sp³-hybridized carbons (Fsp3) is 1.00. The molecule has 2 unspecified atom stereocenters. The molecule has 0 spiro atoms. The summed E-state index contributed by atoms with van der Waals surface area (Å²) in [6, 6.07) is 1.53. The molecule has 0 aliphatic carbocycles. The molecule has 100 valence electrons. The molecule has 1 nitrogen and oxygen atoms in total. The molecule has 2 heterocycles. The second kappa shape index (κ2) is 5.44. The summed E-state index contributed by atoms with van der Waals surface area (Å²) in [7, 11) is -0.984. The Morgan fingerprint density at radius 1 is 1.06 bits per heavy atom. The topological polar surface area (TPSA) is 9.23 Å². The maximum absolute atomic E-state index is 6.04. The van der Waals surface area contributed by atoms with Gasteiger partial charge in [0.15, 0.2) is 0 Å². The molecule has 0 saturated carbocycles. The Morgan fingerprint density at radius 2 is 1.71 bits per heavy atom. The van der Waals surface area contributed by atoms with Crippen LogP contribution in [0.1, 0.15) is 58.3 Å². The monoisotopic (exact) mass is 254 g/mol. The van der Waals surface area contributed by atoms with E-state index in [0.717, 1.165) is 12.5 Å². The van der Waals surface area contributed by atoms with E-state index in [-0.39, 0.29) is 0 Å². The van der Waals surface area contributed by atoms with Gasteiger partial charge in [-0.3, -0.25) is 0 Å². The molecule has 0 aromatic rings. The van der Waals surface area contributed by atoms with Crippen molar-refractivity contribution in [3.63, 3.8) is 0 Å². The van der Waals surface area contributed by atoms with Crippen LogP contribution in [0.15, 0.2) is 0 Å². The predicted molar refractivity (Wildman–Crippen MR) is 77.1 cm³/mol. The molecule has 2 rings (SSSR count). The highest BCUT2D eigenvalue weighted by Crippen LogP contribution is 2.58. The number of fused-ring (bicyclic) bond motifs is 1. The van der Waals surface area contributed by atoms with E-state index in [4.69, 9.17) is 4.74 Å². The normalized spacial score (nSPS) is 33.7. The van der Waals surface area contributed by atoms with Crippen molar-refractivity contribution < 1.29 is 4.74 Å². The summed E-state index contributed by atoms with van der Waals surface area (Å²) in [5.74, 6) is 0.962. The highest BCUT2D eigenvalue weighted by Gasteiger charge is 2.67. The molecule has 17 heavy (non-hydrogen) atoms. The first-order chi connectivity index (χ1) is 8.12. The van der Waals surface area contributed by atoms with Crippen molar-refractivity contribution >= 4 is 8.07 Å². The van der Waals surface area contributed by atoms with Gasteiger partial charge in [-0.05, 0) is 12.5 Å². The van der Waals surface area contributed by atoms with E-state index in [9.17, 15) is 0 Å². The Kier molecular flexibility index (Phi) is 4.35. The first kappa shape index (κ1) is 13.6. The SMILES string of the molecule is CCCCCCCCCC12OCC1C[Si]2(C)C. The van der Waals surface area contributed by atoms with Gasteiger partial charge in [-0.1, -0.05) is 65.0 Å². The lowest BCUT2D eigenvalue weighted by Gasteiger charge is -2.67. The van der Waals surface area contributed by atoms with Gasteiger partial charge >= 0.3 is 0 Å². The minimum absolute atomic E-state index is 0.441. The van der Waals surface area contributed by atoms with Crippen molar-refractivity contribution in [3.8, 4) is 0 Å². The van der Waals surface area contributed by atoms with Crippen LogP contribution in [0, 0.1) is 5.92 Å². The molecule has 2 aliphatic rings. The first-order valence-corrected chi connectivity index (χ1v) is 11.0. The largest absolute Gasteiger partial charge is 0.378 e. The predicted octanol–water partition coefficient (Wildman–Crippen LogP) is 4.77. The lowest BCUT2D eigenvalue weighted by molar-refractivity contribution is -0.177. The van der Waals surface area contributed by atoms with Gasteiger partial charge in [-0.2, -0.15) is 0 Å². The fourth-order valence-corrected chi connectivity index (χ4v) is 8.27. The summed E-state index contributed by atoms with van der Waals surface area (Å²) in [4.78, 5) is 0. The van der Waals surface area contributed by atoms with Gasteiger partial charge in [0.25, 0.3) is 0 Å². The summed E-state index contributed by atoms with van der Waals surface area (Å²) >= 11 is 0. The molecule has 2 atom stereocenters. The average molecular weight is 254 g/mol. The maximum Gasteiger partial charge on any atom is 0.0863 e. The minimum Gasteiger partial charge on any atom is -0.378 e. The van der Waals surface area contributed by atoms with E-state index in [1.165, 1.54) is 57.4 Å². The molecule has 0 radical (unpaired) electrons. The van der Waals surface area contributed by atoms with Crippen LogP contribution in [-0.2, 0) is 4.74 Å². The third-order valence-corrected chi connectivity index (χ3v) is 9.86. The number of hydrogen-bond donors (Lipinski definition) is 0. The lowest BCUT2D eigenvalue weighted by atomic mass is 9.91. The average Bonchev–Trinajstić information content (AvgIpc) is 2.28. The standard InChI is InChI=1S/C15H30OSi/c1-4-5-6-7-8-9-10-11-15-14(12-16-15)13-17(15,2)3/h14H,4-13H2,1-3H3. The van der Waals surface area contributed by atoms with Crippen LogP contribution in [0.4, 0.5) is 0 Å². The van der Waals surface area contributed by atoms with Crippen molar-refractivity contribution in [2.45, 2.75) is 82.7 Å². The van der Waals surface area contributed by atoms with Crippen LogP contribution in [0.3, 0.4) is 0 Å². The summed E-state index contributed by atoms with van der Waals surface area (Å²) < 4.78 is 6.04. The van der Waals surface area contributed by atoms with Gasteiger partial charge in [0.1, 0.15) is 0 Å². The van der Waals surface area contributed by atoms with E-state index < -0.39 is 8.07 Å². The molecule has 2 fully saturated rings. The molecule has 0 amide bonds. The minimum atomic E-state index is -0.984. The van der Waals surface area contributed by atoms with E-state index in [1.54, 1.807) is 0 Å². The zero-order chi connectivity index (χ0) is 12.4. The highest BCUT2D eigenvalue weighted by molar-refractivity contribution is 6.83. The Hall–Kier alpha value is 0.177. The van der Waals surface area contributed by atoms with Crippen molar-refractivity contribution in [3.05, 3.63) is 0 Å². The van der Waals surface area contributed by atoms with Crippen LogP contribution in [0.25, 0.3) is 0 Å². The molecule has 0 aromatic carbocycles. The molecular formula is C15H30OSi. The van der Waals surface area contributed by atoms with Gasteiger partial charge in [0.2, 0.25) is 0 Å². The van der Waals surface area contributed by atoms with Crippen LogP contribution >= 0.6 is 0 Å². The number of rotatable bonds is 8. The van der Waals surface area contributed by atoms with Gasteiger partial charge in [-0.15, -0.1) is 0 Å². The molecule has 2 heteroatoms. The van der Waals surface area contributed by atoms with Gasteiger partial charge in [0.05, 0.1) is 19.9 Å². The molecule has 0 N–H and O–H groups in total. The van der Waals surface area contributed by atoms with Crippen LogP contribution in [0.5, 0.6) is 0 Å². The van der Waals surface area contributed by atoms with Crippen molar-refractivity contribution in [2.75, 3.05) is 6.61 Å². The second-order valence-electron chi connectivity index (χ2n) is 6.86. The summed E-state index contributed by atoms with van der Waals surface area (Å²) in [5.41, 5.74) is 0. The maximum atomic E-state index is 6.04. The second-order valence-corrected chi connectivity index (χ2v) is 11.9. The van der Waals surface area contributed by atoms with Gasteiger partial charge < -0.3 is 4.74 Å². The Bertz CT molecular complexity index is 251. The summed E-state index contributed by atoms with van der Waals surface area (Å²) in [5, 5.41) is 0.441. The summed E-state index contributed by atoms with van der Waals surface area (Å²) in [6.45, 7) is 8.43. The van der Waals surface area contributed by atoms with Crippen molar-refractivity contribution in [1.29, 1.82) is 0 Å². The van der Waals surface area contributed by atoms with Crippen LogP contribution in [0.2, 0.25) is 19.1 Å². The third-order valence-electron chi connectivity index (χ3n) is 5.26. The van der Waals surface area contributed by atoms with Gasteiger partial charge in [0, 0.05) is 5.92 Å². The van der Waals surface area contributed by atoms with Crippen molar-refractivity contribution in [2.24, 2.45) is 5.92 Å². The number of hydrogen-bond acceptors (Lipinski definition) is 1. The molecular weight excluding hydrogens is 224 g/mol. The number of ether oxygens (including phenoxy) is 1. The zero-order valence-corrected chi connectivity index (χ0v) is 13.1. The first-order valence-electron chi connectivity index (χ1n) is 7.76. The van der Waals surface area contributed by atoms with Gasteiger partial charge in [-0.25, -0.2) is 0 Å². The molecule has 0 bridgehead atoms. The smallest absolute Gasteiger partial charge is 0.0863 e. The third kappa shape index (κ3) is 2.48. The highest BCUT2D eigenvalue weighted by atomic mass is 28.3.